The predicted octanol–water partition coefficient (Wildman–Crippen LogP) is 11.5. The Kier molecular flexibility index (Phi) is 11.0. The van der Waals surface area contributed by atoms with E-state index in [4.69, 9.17) is 33.0 Å². The Labute approximate surface area is 348 Å². The summed E-state index contributed by atoms with van der Waals surface area (Å²) in [5, 5.41) is 2.40. The highest BCUT2D eigenvalue weighted by Gasteiger charge is 2.55. The van der Waals surface area contributed by atoms with E-state index < -0.39 is 37.3 Å². The number of aromatic nitrogens is 6. The van der Waals surface area contributed by atoms with Crippen LogP contribution in [-0.2, 0) is 24.4 Å². The summed E-state index contributed by atoms with van der Waals surface area (Å²) in [7, 11) is -6.80. The van der Waals surface area contributed by atoms with Crippen molar-refractivity contribution in [1.29, 1.82) is 0 Å². The van der Waals surface area contributed by atoms with Crippen LogP contribution in [0.25, 0.3) is 38.8 Å². The molecule has 13 heteroatoms. The van der Waals surface area contributed by atoms with Gasteiger partial charge in [-0.3, -0.25) is 9.13 Å². The topological polar surface area (TPSA) is 101 Å². The quantitative estimate of drug-likeness (QED) is 0.130. The maximum atomic E-state index is 7.47. The maximum Gasteiger partial charge on any atom is 0.192 e. The third-order valence-corrected chi connectivity index (χ3v) is 27.3. The Balaban J connectivity index is 1.33. The molecule has 0 spiro atoms. The number of benzene rings is 2. The van der Waals surface area contributed by atoms with Crippen molar-refractivity contribution >= 4 is 57.9 Å². The number of hydrogen-bond acceptors (Lipinski definition) is 7. The molecule has 1 aliphatic rings. The third kappa shape index (κ3) is 7.83. The van der Waals surface area contributed by atoms with Gasteiger partial charge in [-0.2, -0.15) is 0 Å². The summed E-state index contributed by atoms with van der Waals surface area (Å²) >= 11 is 0. The number of nitrogens with zero attached hydrogens (tertiary/aromatic N) is 5. The average Bonchev–Trinajstić information content (AvgIpc) is 3.90. The Morgan fingerprint density at radius 1 is 0.707 bits per heavy atom. The van der Waals surface area contributed by atoms with Crippen LogP contribution in [0.5, 0.6) is 0 Å². The molecule has 6 aromatic rings. The molecule has 0 amide bonds. The maximum absolute atomic E-state index is 7.47. The monoisotopic (exact) mass is 838 g/mol. The van der Waals surface area contributed by atoms with Crippen LogP contribution in [0.15, 0.2) is 73.6 Å². The van der Waals surface area contributed by atoms with E-state index in [0.717, 1.165) is 23.3 Å². The van der Waals surface area contributed by atoms with Crippen molar-refractivity contribution in [2.45, 2.75) is 148 Å². The second kappa shape index (κ2) is 14.9. The van der Waals surface area contributed by atoms with Gasteiger partial charge in [0.2, 0.25) is 0 Å². The average molecular weight is 839 g/mol. The number of para-hydroxylation sites is 2. The van der Waals surface area contributed by atoms with Crippen molar-refractivity contribution in [3.8, 4) is 5.82 Å². The number of H-pyrrole nitrogens is 1. The van der Waals surface area contributed by atoms with Gasteiger partial charge in [-0.05, 0) is 77.7 Å². The van der Waals surface area contributed by atoms with Gasteiger partial charge in [0, 0.05) is 35.1 Å². The van der Waals surface area contributed by atoms with E-state index in [1.807, 2.05) is 6.33 Å². The van der Waals surface area contributed by atoms with Gasteiger partial charge in [0.15, 0.2) is 48.2 Å². The smallest absolute Gasteiger partial charge is 0.192 e. The molecule has 0 saturated carbocycles. The van der Waals surface area contributed by atoms with E-state index in [0.29, 0.717) is 17.8 Å². The number of fused-ring (bicyclic) bond motifs is 3. The minimum absolute atomic E-state index is 0.0200. The van der Waals surface area contributed by atoms with E-state index >= 15 is 0 Å². The molecule has 1 aliphatic heterocycles. The predicted molar refractivity (Wildman–Crippen MR) is 244 cm³/mol. The molecule has 0 bridgehead atoms. The lowest BCUT2D eigenvalue weighted by Gasteiger charge is -2.44. The Morgan fingerprint density at radius 3 is 1.97 bits per heavy atom. The van der Waals surface area contributed by atoms with Crippen LogP contribution in [0.3, 0.4) is 0 Å². The number of hydrogen-bond donors (Lipinski definition) is 1. The minimum atomic E-state index is -2.36. The molecule has 1 saturated heterocycles. The van der Waals surface area contributed by atoms with Crippen molar-refractivity contribution in [2.24, 2.45) is 0 Å². The molecule has 0 radical (unpaired) electrons. The summed E-state index contributed by atoms with van der Waals surface area (Å²) < 4.78 is 33.3. The van der Waals surface area contributed by atoms with Crippen molar-refractivity contribution in [1.82, 2.24) is 29.1 Å². The van der Waals surface area contributed by atoms with Crippen LogP contribution in [-0.4, -0.2) is 78.9 Å². The summed E-state index contributed by atoms with van der Waals surface area (Å²) in [4.78, 5) is 18.3. The van der Waals surface area contributed by atoms with Crippen LogP contribution in [0, 0.1) is 0 Å². The van der Waals surface area contributed by atoms with Crippen LogP contribution in [0.1, 0.15) is 79.7 Å². The van der Waals surface area contributed by atoms with Gasteiger partial charge in [0.1, 0.15) is 24.6 Å². The first-order valence-electron chi connectivity index (χ1n) is 20.9. The highest BCUT2D eigenvalue weighted by molar-refractivity contribution is 6.75. The van der Waals surface area contributed by atoms with E-state index in [1.165, 1.54) is 21.9 Å². The second-order valence-electron chi connectivity index (χ2n) is 20.9. The summed E-state index contributed by atoms with van der Waals surface area (Å²) in [6.07, 6.45) is 6.91. The fourth-order valence-corrected chi connectivity index (χ4v) is 10.7. The molecule has 1 fully saturated rings. The van der Waals surface area contributed by atoms with Gasteiger partial charge in [0.25, 0.3) is 0 Å². The summed E-state index contributed by atoms with van der Waals surface area (Å²) in [5.74, 6) is 0.719. The van der Waals surface area contributed by atoms with Gasteiger partial charge in [-0.1, -0.05) is 98.7 Å². The van der Waals surface area contributed by atoms with E-state index in [-0.39, 0.29) is 27.3 Å². The fourth-order valence-electron chi connectivity index (χ4n) is 7.13. The lowest BCUT2D eigenvalue weighted by molar-refractivity contribution is -0.0470. The highest BCUT2D eigenvalue weighted by Crippen LogP contribution is 2.47. The first-order chi connectivity index (χ1) is 26.9. The Hall–Kier alpha value is -3.44. The van der Waals surface area contributed by atoms with Crippen molar-refractivity contribution in [3.63, 3.8) is 0 Å². The number of imidazole rings is 1. The van der Waals surface area contributed by atoms with Crippen molar-refractivity contribution in [2.75, 3.05) is 6.61 Å². The van der Waals surface area contributed by atoms with Crippen LogP contribution < -0.4 is 0 Å². The zero-order valence-electron chi connectivity index (χ0n) is 37.5. The van der Waals surface area contributed by atoms with E-state index in [1.54, 1.807) is 6.33 Å². The molecular weight excluding hydrogens is 773 g/mol. The van der Waals surface area contributed by atoms with Crippen LogP contribution in [0.2, 0.25) is 54.4 Å². The molecule has 1 N–H and O–H groups in total. The molecule has 58 heavy (non-hydrogen) atoms. The largest absolute Gasteiger partial charge is 0.414 e. The SMILES string of the molecule is CC(C)(C)[Si](C)(C)OC[C@H]1O[C@@H](n2cnc3c(-n4cc(Cc5c[nH]c6ccccc56)c5ccccc54)ncnc32)[C@H](O[Si](C)(C)C(C)(C)C)[C@@H]1O[Si](C)(C)C(C)(C)C. The number of nitrogens with one attached hydrogen (secondary N) is 1. The van der Waals surface area contributed by atoms with Gasteiger partial charge in [-0.15, -0.1) is 0 Å². The summed E-state index contributed by atoms with van der Waals surface area (Å²) in [6.45, 7) is 34.8. The van der Waals surface area contributed by atoms with Gasteiger partial charge < -0.3 is 23.0 Å². The van der Waals surface area contributed by atoms with E-state index in [9.17, 15) is 0 Å². The molecule has 312 valence electrons. The standard InChI is InChI=1S/C45H66N6O4Si3/c1-43(2,3)56(10,11)52-27-36-38(54-57(12,13)44(4,5)6)39(55-58(14,15)45(7,8)9)42(53-36)51-29-49-37-40(47-28-48-41(37)51)50-26-31(33-21-17-19-23-35(33)50)24-30-25-46-34-22-18-16-20-32(30)34/h16-23,25-26,28-29,36,38-39,42,46H,24,27H2,1-15H3/t36-,38-,39-,42-/m1/s1. The lowest BCUT2D eigenvalue weighted by atomic mass is 10.0. The van der Waals surface area contributed by atoms with Crippen molar-refractivity contribution in [3.05, 3.63) is 84.7 Å². The van der Waals surface area contributed by atoms with Gasteiger partial charge in [-0.25, -0.2) is 15.0 Å². The number of rotatable bonds is 11. The lowest BCUT2D eigenvalue weighted by Crippen LogP contribution is -2.54. The first-order valence-corrected chi connectivity index (χ1v) is 29.6. The molecule has 2 aromatic carbocycles. The zero-order valence-corrected chi connectivity index (χ0v) is 40.5. The van der Waals surface area contributed by atoms with Crippen molar-refractivity contribution < 1.29 is 18.0 Å². The number of aromatic amines is 1. The molecule has 0 unspecified atom stereocenters. The molecule has 5 heterocycles. The normalized spacial score (nSPS) is 20.3. The fraction of sp³-hybridized carbons (Fsp3) is 0.533. The van der Waals surface area contributed by atoms with E-state index in [2.05, 4.69) is 177 Å². The molecule has 10 nitrogen and oxygen atoms in total. The Bertz CT molecular complexity index is 2410. The molecule has 0 aliphatic carbocycles. The molecule has 4 atom stereocenters. The first kappa shape index (κ1) is 42.7. The van der Waals surface area contributed by atoms with Crippen LogP contribution >= 0.6 is 0 Å². The van der Waals surface area contributed by atoms with Gasteiger partial charge in [0.05, 0.1) is 18.5 Å². The number of ether oxygens (including phenoxy) is 1. The van der Waals surface area contributed by atoms with Gasteiger partial charge >= 0.3 is 0 Å². The third-order valence-electron chi connectivity index (χ3n) is 13.9. The second-order valence-corrected chi connectivity index (χ2v) is 35.2. The minimum Gasteiger partial charge on any atom is -0.414 e. The molecular formula is C45H66N6O4Si3. The summed E-state index contributed by atoms with van der Waals surface area (Å²) in [5.41, 5.74) is 6.05. The Morgan fingerprint density at radius 2 is 1.31 bits per heavy atom. The van der Waals surface area contributed by atoms with Crippen LogP contribution in [0.4, 0.5) is 0 Å². The summed E-state index contributed by atoms with van der Waals surface area (Å²) in [6, 6.07) is 17.0. The highest BCUT2D eigenvalue weighted by atomic mass is 28.4. The zero-order chi connectivity index (χ0) is 42.2. The molecule has 4 aromatic heterocycles. The molecule has 7 rings (SSSR count).